The number of benzene rings is 2. The molecule has 0 N–H and O–H groups in total. The second-order valence-electron chi connectivity index (χ2n) is 6.76. The van der Waals surface area contributed by atoms with Crippen molar-refractivity contribution in [2.45, 2.75) is 22.7 Å². The van der Waals surface area contributed by atoms with E-state index in [-0.39, 0.29) is 0 Å². The molecular formula is C22H20N4OS. The van der Waals surface area contributed by atoms with E-state index < -0.39 is 0 Å². The van der Waals surface area contributed by atoms with E-state index in [9.17, 15) is 0 Å². The Morgan fingerprint density at radius 3 is 2.68 bits per heavy atom. The number of nitrogens with zero attached hydrogens (tertiary/aromatic N) is 4. The Morgan fingerprint density at radius 2 is 1.79 bits per heavy atom. The number of thioether (sulfide) groups is 1. The van der Waals surface area contributed by atoms with Gasteiger partial charge in [0.15, 0.2) is 0 Å². The summed E-state index contributed by atoms with van der Waals surface area (Å²) in [6, 6.07) is 16.7. The summed E-state index contributed by atoms with van der Waals surface area (Å²) in [5.41, 5.74) is 3.06. The fourth-order valence-corrected chi connectivity index (χ4v) is 5.04. The van der Waals surface area contributed by atoms with Gasteiger partial charge in [-0.1, -0.05) is 53.8 Å². The highest BCUT2D eigenvalue weighted by Gasteiger charge is 2.33. The first-order valence-corrected chi connectivity index (χ1v) is 10.1. The number of rotatable bonds is 4. The van der Waals surface area contributed by atoms with Gasteiger partial charge in [0.2, 0.25) is 0 Å². The minimum absolute atomic E-state index is 0.307. The van der Waals surface area contributed by atoms with Gasteiger partial charge >= 0.3 is 0 Å². The molecule has 6 heteroatoms. The van der Waals surface area contributed by atoms with E-state index in [2.05, 4.69) is 63.8 Å². The van der Waals surface area contributed by atoms with Gasteiger partial charge in [-0.05, 0) is 24.3 Å². The molecule has 0 fully saturated rings. The molecule has 0 saturated carbocycles. The summed E-state index contributed by atoms with van der Waals surface area (Å²) in [5.74, 6) is 0.777. The van der Waals surface area contributed by atoms with Crippen LogP contribution < -0.4 is 9.64 Å². The minimum atomic E-state index is 0.307. The van der Waals surface area contributed by atoms with Crippen LogP contribution in [0.15, 0.2) is 83.9 Å². The van der Waals surface area contributed by atoms with E-state index in [1.54, 1.807) is 11.8 Å². The van der Waals surface area contributed by atoms with Crippen LogP contribution in [0, 0.1) is 0 Å². The molecule has 1 aliphatic carbocycles. The number of aromatic nitrogens is 3. The zero-order chi connectivity index (χ0) is 18.9. The molecule has 2 aliphatic rings. The molecule has 2 atom stereocenters. The molecule has 0 bridgehead atoms. The molecule has 1 aromatic heterocycles. The van der Waals surface area contributed by atoms with Crippen LogP contribution in [0.25, 0.3) is 5.69 Å². The Hall–Kier alpha value is -2.99. The maximum absolute atomic E-state index is 5.46. The molecule has 5 rings (SSSR count). The zero-order valence-corrected chi connectivity index (χ0v) is 16.3. The topological polar surface area (TPSA) is 43.2 Å². The first-order chi connectivity index (χ1) is 13.8. The van der Waals surface area contributed by atoms with Crippen molar-refractivity contribution >= 4 is 17.4 Å². The van der Waals surface area contributed by atoms with Gasteiger partial charge in [0.05, 0.1) is 36.8 Å². The van der Waals surface area contributed by atoms with Gasteiger partial charge in [-0.3, -0.25) is 0 Å². The summed E-state index contributed by atoms with van der Waals surface area (Å²) in [6.45, 7) is 0.700. The monoisotopic (exact) mass is 388 g/mol. The smallest absolute Gasteiger partial charge is 0.144 e. The molecule has 0 radical (unpaired) electrons. The predicted octanol–water partition coefficient (Wildman–Crippen LogP) is 4.25. The average Bonchev–Trinajstić information content (AvgIpc) is 3.22. The van der Waals surface area contributed by atoms with Crippen LogP contribution in [0.2, 0.25) is 0 Å². The van der Waals surface area contributed by atoms with Crippen molar-refractivity contribution in [1.82, 2.24) is 15.0 Å². The second-order valence-corrected chi connectivity index (χ2v) is 7.98. The number of anilines is 1. The Morgan fingerprint density at radius 1 is 1.00 bits per heavy atom. The first kappa shape index (κ1) is 17.1. The van der Waals surface area contributed by atoms with Crippen LogP contribution in [-0.2, 0) is 6.54 Å². The Kier molecular flexibility index (Phi) is 4.41. The van der Waals surface area contributed by atoms with Gasteiger partial charge in [-0.25, -0.2) is 4.68 Å². The van der Waals surface area contributed by atoms with Gasteiger partial charge < -0.3 is 9.64 Å². The standard InChI is InChI=1S/C22H20N4OS/c1-27-20-11-5-2-8-17(20)26-15-16(23-24-26)14-25-18-9-3-6-12-21(18)28-22-13-7-4-10-19(22)25/h2-13,15,18,21H,14H2,1H3. The van der Waals surface area contributed by atoms with Crippen molar-refractivity contribution in [2.75, 3.05) is 12.0 Å². The maximum Gasteiger partial charge on any atom is 0.144 e. The van der Waals surface area contributed by atoms with Crippen LogP contribution >= 0.6 is 11.8 Å². The third-order valence-electron chi connectivity index (χ3n) is 5.06. The SMILES string of the molecule is COc1ccccc1-n1cc(CN2c3ccccc3SC3C=CC=CC32)nn1. The highest BCUT2D eigenvalue weighted by atomic mass is 32.2. The van der Waals surface area contributed by atoms with Crippen molar-refractivity contribution < 1.29 is 4.74 Å². The third kappa shape index (κ3) is 2.99. The van der Waals surface area contributed by atoms with Crippen molar-refractivity contribution in [3.05, 3.63) is 84.7 Å². The molecule has 5 nitrogen and oxygen atoms in total. The lowest BCUT2D eigenvalue weighted by molar-refractivity contribution is 0.411. The molecule has 3 aromatic rings. The molecule has 2 unspecified atom stereocenters. The molecule has 2 heterocycles. The summed E-state index contributed by atoms with van der Waals surface area (Å²) in [6.07, 6.45) is 10.8. The van der Waals surface area contributed by atoms with Crippen LogP contribution in [0.1, 0.15) is 5.69 Å². The van der Waals surface area contributed by atoms with Gasteiger partial charge in [0.1, 0.15) is 17.1 Å². The summed E-state index contributed by atoms with van der Waals surface area (Å²) in [5, 5.41) is 9.19. The van der Waals surface area contributed by atoms with Gasteiger partial charge in [-0.2, -0.15) is 0 Å². The predicted molar refractivity (Wildman–Crippen MR) is 112 cm³/mol. The van der Waals surface area contributed by atoms with E-state index >= 15 is 0 Å². The molecule has 28 heavy (non-hydrogen) atoms. The van der Waals surface area contributed by atoms with E-state index in [0.717, 1.165) is 17.1 Å². The molecular weight excluding hydrogens is 368 g/mol. The van der Waals surface area contributed by atoms with Gasteiger partial charge in [0, 0.05) is 4.90 Å². The molecule has 140 valence electrons. The van der Waals surface area contributed by atoms with Gasteiger partial charge in [0.25, 0.3) is 0 Å². The molecule has 1 aliphatic heterocycles. The molecule has 2 aromatic carbocycles. The average molecular weight is 388 g/mol. The lowest BCUT2D eigenvalue weighted by atomic mass is 10.0. The van der Waals surface area contributed by atoms with Crippen molar-refractivity contribution in [3.63, 3.8) is 0 Å². The zero-order valence-electron chi connectivity index (χ0n) is 15.5. The quantitative estimate of drug-likeness (QED) is 0.668. The van der Waals surface area contributed by atoms with E-state index in [0.29, 0.717) is 17.8 Å². The van der Waals surface area contributed by atoms with Crippen LogP contribution in [-0.4, -0.2) is 33.4 Å². The normalized spacial score (nSPS) is 20.0. The molecule has 0 spiro atoms. The highest BCUT2D eigenvalue weighted by molar-refractivity contribution is 8.00. The summed E-state index contributed by atoms with van der Waals surface area (Å²) < 4.78 is 7.24. The largest absolute Gasteiger partial charge is 0.494 e. The fourth-order valence-electron chi connectivity index (χ4n) is 3.74. The lowest BCUT2D eigenvalue weighted by Gasteiger charge is -2.41. The summed E-state index contributed by atoms with van der Waals surface area (Å²) in [7, 11) is 1.67. The number of hydrogen-bond donors (Lipinski definition) is 0. The Balaban J connectivity index is 1.48. The van der Waals surface area contributed by atoms with Crippen LogP contribution in [0.3, 0.4) is 0 Å². The number of allylic oxidation sites excluding steroid dienone is 2. The number of hydrogen-bond acceptors (Lipinski definition) is 5. The summed E-state index contributed by atoms with van der Waals surface area (Å²) >= 11 is 1.92. The molecule has 0 amide bonds. The van der Waals surface area contributed by atoms with Crippen molar-refractivity contribution in [2.24, 2.45) is 0 Å². The molecule has 0 saturated heterocycles. The number of ether oxygens (including phenoxy) is 1. The number of fused-ring (bicyclic) bond motifs is 2. The van der Waals surface area contributed by atoms with Crippen molar-refractivity contribution in [1.29, 1.82) is 0 Å². The Bertz CT molecular complexity index is 1060. The number of methoxy groups -OCH3 is 1. The summed E-state index contributed by atoms with van der Waals surface area (Å²) in [4.78, 5) is 3.73. The van der Waals surface area contributed by atoms with Gasteiger partial charge in [-0.15, -0.1) is 16.9 Å². The lowest BCUT2D eigenvalue weighted by Crippen LogP contribution is -2.43. The minimum Gasteiger partial charge on any atom is -0.494 e. The van der Waals surface area contributed by atoms with Crippen LogP contribution in [0.5, 0.6) is 5.75 Å². The van der Waals surface area contributed by atoms with E-state index in [1.807, 2.05) is 42.2 Å². The Labute approximate surface area is 168 Å². The first-order valence-electron chi connectivity index (χ1n) is 9.25. The van der Waals surface area contributed by atoms with Crippen molar-refractivity contribution in [3.8, 4) is 11.4 Å². The fraction of sp³-hybridized carbons (Fsp3) is 0.182. The van der Waals surface area contributed by atoms with Crippen LogP contribution in [0.4, 0.5) is 5.69 Å². The van der Waals surface area contributed by atoms with E-state index in [1.165, 1.54) is 10.6 Å². The second kappa shape index (κ2) is 7.20. The third-order valence-corrected chi connectivity index (χ3v) is 6.37. The maximum atomic E-state index is 5.46. The van der Waals surface area contributed by atoms with E-state index in [4.69, 9.17) is 4.74 Å². The number of para-hydroxylation sites is 3. The highest BCUT2D eigenvalue weighted by Crippen LogP contribution is 2.43.